The zero-order valence-electron chi connectivity index (χ0n) is 21.4. The molecule has 2 amide bonds. The van der Waals surface area contributed by atoms with Crippen molar-refractivity contribution in [2.75, 3.05) is 6.16 Å². The van der Waals surface area contributed by atoms with Crippen LogP contribution >= 0.6 is 8.03 Å². The number of aliphatic hydroxyl groups excluding tert-OH is 3. The highest BCUT2D eigenvalue weighted by Gasteiger charge is 2.54. The highest BCUT2D eigenvalue weighted by atomic mass is 31.1. The fraction of sp³-hybridized carbons (Fsp3) is 0.583. The van der Waals surface area contributed by atoms with E-state index in [1.807, 2.05) is 13.8 Å². The first-order valence-electron chi connectivity index (χ1n) is 12.3. The molecule has 8 N–H and O–H groups in total. The van der Waals surface area contributed by atoms with Gasteiger partial charge in [-0.25, -0.2) is 4.79 Å². The van der Waals surface area contributed by atoms with Crippen LogP contribution in [0.4, 0.5) is 10.5 Å². The second-order valence-corrected chi connectivity index (χ2v) is 11.2. The number of ether oxygens (including phenoxy) is 1. The van der Waals surface area contributed by atoms with E-state index in [1.165, 1.54) is 19.2 Å². The standard InChI is InChI=1S/C24H34N3O10P/c1-12(2)8-17(25)22(31)27(24(32)33)10-14(16-6-4-5-7-18(16)27)9-15(11-38(34)35)26-37-23-21(30)20(29)19(28)13(3)36-23/h4-7,10,12-13,15,17,19-21,23,26,28-30H,8-9,11,25H2,1-3H3/p+2/t13-,15-,17-,19-,20+,21+,23?,27?/m0/s1. The zero-order valence-corrected chi connectivity index (χ0v) is 22.3. The molecule has 0 bridgehead atoms. The van der Waals surface area contributed by atoms with E-state index >= 15 is 0 Å². The topological polar surface area (TPSA) is 209 Å². The quantitative estimate of drug-likeness (QED) is 0.121. The van der Waals surface area contributed by atoms with E-state index in [0.29, 0.717) is 11.1 Å². The summed E-state index contributed by atoms with van der Waals surface area (Å²) in [5, 5.41) is 40.4. The van der Waals surface area contributed by atoms with Gasteiger partial charge in [0.15, 0.2) is 11.8 Å². The predicted molar refractivity (Wildman–Crippen MR) is 136 cm³/mol. The van der Waals surface area contributed by atoms with Crippen LogP contribution in [-0.4, -0.2) is 86.3 Å². The third-order valence-corrected chi connectivity index (χ3v) is 7.43. The Hall–Kier alpha value is -2.16. The number of benzene rings is 1. The number of hydrogen-bond acceptors (Lipinski definition) is 10. The Balaban J connectivity index is 1.91. The van der Waals surface area contributed by atoms with Crippen molar-refractivity contribution >= 4 is 31.3 Å². The molecule has 0 spiro atoms. The van der Waals surface area contributed by atoms with Gasteiger partial charge in [-0.15, -0.1) is 0 Å². The molecule has 0 aliphatic carbocycles. The minimum absolute atomic E-state index is 0.0395. The molecule has 0 radical (unpaired) electrons. The van der Waals surface area contributed by atoms with Crippen LogP contribution in [0.15, 0.2) is 30.5 Å². The highest BCUT2D eigenvalue weighted by molar-refractivity contribution is 7.38. The first kappa shape index (κ1) is 30.4. The first-order valence-corrected chi connectivity index (χ1v) is 13.7. The molecular weight excluding hydrogens is 521 g/mol. The largest absolute Gasteiger partial charge is 0.531 e. The summed E-state index contributed by atoms with van der Waals surface area (Å²) in [5.41, 5.74) is 9.76. The number of hydroxylamine groups is 1. The van der Waals surface area contributed by atoms with Crippen LogP contribution < -0.4 is 15.7 Å². The lowest BCUT2D eigenvalue weighted by Gasteiger charge is -2.38. The van der Waals surface area contributed by atoms with Crippen LogP contribution in [-0.2, 0) is 18.9 Å². The lowest BCUT2D eigenvalue weighted by atomic mass is 10.00. The molecule has 210 valence electrons. The minimum Gasteiger partial charge on any atom is -0.434 e. The molecule has 2 aliphatic rings. The van der Waals surface area contributed by atoms with E-state index in [2.05, 4.69) is 5.48 Å². The molecule has 13 nitrogen and oxygen atoms in total. The Morgan fingerprint density at radius 2 is 1.84 bits per heavy atom. The Bertz CT molecular complexity index is 1090. The van der Waals surface area contributed by atoms with E-state index in [1.54, 1.807) is 18.2 Å². The van der Waals surface area contributed by atoms with Gasteiger partial charge in [-0.2, -0.15) is 15.2 Å². The van der Waals surface area contributed by atoms with Crippen molar-refractivity contribution in [3.63, 3.8) is 0 Å². The van der Waals surface area contributed by atoms with Crippen molar-refractivity contribution < 1.29 is 49.0 Å². The maximum Gasteiger partial charge on any atom is 0.531 e. The summed E-state index contributed by atoms with van der Waals surface area (Å²) in [6.45, 7) is 5.22. The summed E-state index contributed by atoms with van der Waals surface area (Å²) < 4.78 is 16.0. The van der Waals surface area contributed by atoms with Gasteiger partial charge in [0, 0.05) is 23.6 Å². The normalized spacial score (nSPS) is 30.9. The maximum atomic E-state index is 13.5. The van der Waals surface area contributed by atoms with Gasteiger partial charge in [0.25, 0.3) is 0 Å². The van der Waals surface area contributed by atoms with E-state index in [0.717, 1.165) is 0 Å². The van der Waals surface area contributed by atoms with Gasteiger partial charge in [-0.05, 0) is 29.9 Å². The zero-order chi connectivity index (χ0) is 28.4. The summed E-state index contributed by atoms with van der Waals surface area (Å²) in [4.78, 5) is 41.1. The number of imide groups is 1. The van der Waals surface area contributed by atoms with Crippen LogP contribution in [0.1, 0.15) is 39.2 Å². The number of nitrogens with zero attached hydrogens (tertiary/aromatic N) is 1. The van der Waals surface area contributed by atoms with Gasteiger partial charge in [0.05, 0.1) is 12.1 Å². The molecule has 2 aliphatic heterocycles. The molecule has 9 atom stereocenters. The number of rotatable bonds is 10. The van der Waals surface area contributed by atoms with Crippen LogP contribution in [0.25, 0.3) is 5.57 Å². The molecule has 0 aromatic heterocycles. The number of carbonyl (C=O) groups excluding carboxylic acids is 1. The molecule has 1 aromatic rings. The SMILES string of the molecule is CC(C)C[C@H](N)C(=O)[N+]1(C(=O)O)C=C(C[C@@H](C[P+](=O)O)NOC2O[C@@H](C)[C@H](O)[C@@H](O)[C@H]2O)c2ccccc21. The average molecular weight is 558 g/mol. The van der Waals surface area contributed by atoms with Crippen molar-refractivity contribution in [3.05, 3.63) is 36.0 Å². The monoisotopic (exact) mass is 557 g/mol. The van der Waals surface area contributed by atoms with Crippen molar-refractivity contribution in [2.24, 2.45) is 11.7 Å². The lowest BCUT2D eigenvalue weighted by Crippen LogP contribution is -2.59. The van der Waals surface area contributed by atoms with E-state index in [4.69, 9.17) is 15.3 Å². The third-order valence-electron chi connectivity index (χ3n) is 6.67. The predicted octanol–water partition coefficient (Wildman–Crippen LogP) is 0.769. The summed E-state index contributed by atoms with van der Waals surface area (Å²) in [7, 11) is -2.68. The molecule has 0 saturated carbocycles. The number of quaternary nitrogens is 1. The van der Waals surface area contributed by atoms with E-state index in [9.17, 15) is 39.5 Å². The summed E-state index contributed by atoms with van der Waals surface area (Å²) in [6, 6.07) is 4.52. The van der Waals surface area contributed by atoms with Crippen LogP contribution in [0.3, 0.4) is 0 Å². The molecule has 2 heterocycles. The number of nitrogens with one attached hydrogen (secondary N) is 1. The van der Waals surface area contributed by atoms with Gasteiger partial charge in [0.2, 0.25) is 6.29 Å². The van der Waals surface area contributed by atoms with Crippen molar-refractivity contribution in [2.45, 2.75) is 76.4 Å². The first-order chi connectivity index (χ1) is 17.8. The molecule has 38 heavy (non-hydrogen) atoms. The molecule has 3 unspecified atom stereocenters. The Morgan fingerprint density at radius 1 is 1.18 bits per heavy atom. The van der Waals surface area contributed by atoms with Crippen LogP contribution in [0.5, 0.6) is 0 Å². The van der Waals surface area contributed by atoms with Crippen LogP contribution in [0, 0.1) is 5.92 Å². The number of carboxylic acid groups (broad SMARTS) is 1. The fourth-order valence-electron chi connectivity index (χ4n) is 4.76. The Morgan fingerprint density at radius 3 is 2.45 bits per heavy atom. The fourth-order valence-corrected chi connectivity index (χ4v) is 5.35. The number of para-hydroxylation sites is 1. The molecule has 1 aromatic carbocycles. The smallest absolute Gasteiger partial charge is 0.434 e. The number of carbonyl (C=O) groups is 2. The van der Waals surface area contributed by atoms with Crippen LogP contribution in [0.2, 0.25) is 0 Å². The minimum atomic E-state index is -2.68. The summed E-state index contributed by atoms with van der Waals surface area (Å²) in [6.07, 6.45) is -7.01. The lowest BCUT2D eigenvalue weighted by molar-refractivity contribution is -0.311. The molecular formula is C24H36N3O10P+2. The number of aliphatic hydroxyl groups is 3. The number of amides is 2. The van der Waals surface area contributed by atoms with E-state index in [-0.39, 0.29) is 30.6 Å². The van der Waals surface area contributed by atoms with Gasteiger partial charge in [0.1, 0.15) is 30.6 Å². The molecule has 1 saturated heterocycles. The Kier molecular flexibility index (Phi) is 9.87. The van der Waals surface area contributed by atoms with Gasteiger partial charge >= 0.3 is 20.0 Å². The van der Waals surface area contributed by atoms with Gasteiger partial charge in [-0.3, -0.25) is 4.84 Å². The number of hydrogen-bond donors (Lipinski definition) is 7. The summed E-state index contributed by atoms with van der Waals surface area (Å²) >= 11 is 0. The second-order valence-electron chi connectivity index (χ2n) is 10.1. The third kappa shape index (κ3) is 6.18. The van der Waals surface area contributed by atoms with Crippen molar-refractivity contribution in [1.29, 1.82) is 0 Å². The summed E-state index contributed by atoms with van der Waals surface area (Å²) in [5.74, 6) is -0.668. The Labute approximate surface area is 220 Å². The average Bonchev–Trinajstić information content (AvgIpc) is 3.18. The van der Waals surface area contributed by atoms with E-state index < -0.39 is 67.3 Å². The number of fused-ring (bicyclic) bond motifs is 1. The molecule has 14 heteroatoms. The van der Waals surface area contributed by atoms with Crippen molar-refractivity contribution in [3.8, 4) is 0 Å². The van der Waals surface area contributed by atoms with Gasteiger partial charge in [-0.1, -0.05) is 30.5 Å². The van der Waals surface area contributed by atoms with Crippen molar-refractivity contribution in [1.82, 2.24) is 9.96 Å². The number of nitrogens with two attached hydrogens (primary N) is 1. The maximum absolute atomic E-state index is 13.5. The van der Waals surface area contributed by atoms with Gasteiger partial charge < -0.3 is 30.9 Å². The molecule has 1 fully saturated rings. The molecule has 3 rings (SSSR count). The highest BCUT2D eigenvalue weighted by Crippen LogP contribution is 2.43. The second kappa shape index (κ2) is 12.3.